The molecule has 0 aliphatic rings. The Labute approximate surface area is 409 Å². The standard InChI is InChI=1S/C54H58N6O8SSi/c1-33-26-35(14-10-9-11-25-56-32-47(68-70(7,8)54(3,4)5)41-20-23-46(61)51-42(41)21-24-48(62)60-51)19-22-45(33)59-53(64)36-15-12-18-39(28-36)69(65,66)40-27-34(2)49-43(30-40)50(44(31-57-49)52(55)63)58-37-16-13-17-38(29-37)67-6/h12-13,15-24,26-31,47,56,61H,9,11,25,32H2,1-8H3,(H2,55,63)(H,57,58)(H,59,64)(H,60,62). The van der Waals surface area contributed by atoms with Crippen molar-refractivity contribution in [1.82, 2.24) is 15.3 Å². The lowest BCUT2D eigenvalue weighted by molar-refractivity contribution is 0.0998. The summed E-state index contributed by atoms with van der Waals surface area (Å²) in [5.74, 6) is 5.80. The van der Waals surface area contributed by atoms with Gasteiger partial charge < -0.3 is 40.9 Å². The van der Waals surface area contributed by atoms with Gasteiger partial charge in [-0.25, -0.2) is 8.42 Å². The van der Waals surface area contributed by atoms with Gasteiger partial charge in [-0.1, -0.05) is 50.8 Å². The van der Waals surface area contributed by atoms with E-state index in [1.165, 1.54) is 49.7 Å². The average molecular weight is 979 g/mol. The summed E-state index contributed by atoms with van der Waals surface area (Å²) in [6.07, 6.45) is 2.45. The Balaban J connectivity index is 1.00. The molecule has 16 heteroatoms. The van der Waals surface area contributed by atoms with E-state index in [4.69, 9.17) is 14.9 Å². The number of amides is 2. The molecule has 0 aliphatic carbocycles. The number of anilines is 3. The number of rotatable bonds is 16. The van der Waals surface area contributed by atoms with Gasteiger partial charge in [0.05, 0.1) is 45.3 Å². The number of hydrogen-bond acceptors (Lipinski definition) is 11. The topological polar surface area (TPSA) is 215 Å². The minimum atomic E-state index is -4.20. The predicted octanol–water partition coefficient (Wildman–Crippen LogP) is 9.82. The Bertz CT molecular complexity index is 3390. The van der Waals surface area contributed by atoms with E-state index in [-0.39, 0.29) is 49.1 Å². The Morgan fingerprint density at radius 2 is 1.69 bits per heavy atom. The number of aryl methyl sites for hydroxylation is 2. The first kappa shape index (κ1) is 50.6. The van der Waals surface area contributed by atoms with Crippen LogP contribution in [-0.4, -0.2) is 63.8 Å². The van der Waals surface area contributed by atoms with E-state index in [9.17, 15) is 27.9 Å². The van der Waals surface area contributed by atoms with E-state index in [2.05, 4.69) is 71.6 Å². The highest BCUT2D eigenvalue weighted by Gasteiger charge is 2.40. The second kappa shape index (κ2) is 20.7. The molecule has 7 rings (SSSR count). The summed E-state index contributed by atoms with van der Waals surface area (Å²) in [5, 5.41) is 21.3. The van der Waals surface area contributed by atoms with Gasteiger partial charge in [-0.2, -0.15) is 0 Å². The van der Waals surface area contributed by atoms with Gasteiger partial charge in [-0.05, 0) is 134 Å². The number of carbonyl (C=O) groups is 2. The number of fused-ring (bicyclic) bond motifs is 2. The third-order valence-electron chi connectivity index (χ3n) is 12.6. The van der Waals surface area contributed by atoms with Crippen molar-refractivity contribution >= 4 is 68.8 Å². The van der Waals surface area contributed by atoms with Crippen molar-refractivity contribution < 1.29 is 32.3 Å². The number of hydrogen-bond donors (Lipinski definition) is 6. The Hall–Kier alpha value is -7.29. The van der Waals surface area contributed by atoms with Crippen molar-refractivity contribution in [2.45, 2.75) is 81.5 Å². The van der Waals surface area contributed by atoms with Crippen LogP contribution in [0.15, 0.2) is 124 Å². The van der Waals surface area contributed by atoms with Crippen molar-refractivity contribution in [2.24, 2.45) is 5.73 Å². The molecule has 0 radical (unpaired) electrons. The molecule has 0 aliphatic heterocycles. The molecule has 0 saturated carbocycles. The van der Waals surface area contributed by atoms with Crippen molar-refractivity contribution in [1.29, 1.82) is 0 Å². The molecule has 14 nitrogen and oxygen atoms in total. The molecule has 2 aromatic heterocycles. The summed E-state index contributed by atoms with van der Waals surface area (Å²) in [7, 11) is -4.88. The van der Waals surface area contributed by atoms with Gasteiger partial charge in [0.15, 0.2) is 8.32 Å². The van der Waals surface area contributed by atoms with Gasteiger partial charge in [0.1, 0.15) is 11.5 Å². The average Bonchev–Trinajstić information content (AvgIpc) is 3.31. The fraction of sp³-hybridized carbons (Fsp3) is 0.259. The molecule has 0 bridgehead atoms. The minimum absolute atomic E-state index is 0.00667. The van der Waals surface area contributed by atoms with Crippen LogP contribution in [0.1, 0.15) is 82.7 Å². The van der Waals surface area contributed by atoms with E-state index in [0.29, 0.717) is 58.6 Å². The van der Waals surface area contributed by atoms with Crippen molar-refractivity contribution in [3.63, 3.8) is 0 Å². The fourth-order valence-corrected chi connectivity index (χ4v) is 10.5. The highest BCUT2D eigenvalue weighted by atomic mass is 32.2. The second-order valence-electron chi connectivity index (χ2n) is 18.7. The normalized spacial score (nSPS) is 12.3. The highest BCUT2D eigenvalue weighted by Crippen LogP contribution is 2.41. The quantitative estimate of drug-likeness (QED) is 0.0304. The fourth-order valence-electron chi connectivity index (χ4n) is 7.77. The first-order valence-corrected chi connectivity index (χ1v) is 27.2. The van der Waals surface area contributed by atoms with Crippen molar-refractivity contribution in [3.05, 3.63) is 153 Å². The molecule has 0 fully saturated rings. The molecule has 1 atom stereocenters. The molecule has 5 aromatic carbocycles. The molecule has 1 unspecified atom stereocenters. The van der Waals surface area contributed by atoms with Crippen LogP contribution < -0.4 is 32.0 Å². The molecular weight excluding hydrogens is 921 g/mol. The number of nitrogens with one attached hydrogen (secondary N) is 4. The number of aromatic hydroxyl groups is 1. The number of pyridine rings is 2. The minimum Gasteiger partial charge on any atom is -0.506 e. The second-order valence-corrected chi connectivity index (χ2v) is 25.4. The van der Waals surface area contributed by atoms with Crippen LogP contribution in [0.2, 0.25) is 18.1 Å². The Kier molecular flexibility index (Phi) is 15.0. The lowest BCUT2D eigenvalue weighted by atomic mass is 10.0. The summed E-state index contributed by atoms with van der Waals surface area (Å²) in [6, 6.07) is 28.0. The van der Waals surface area contributed by atoms with Crippen molar-refractivity contribution in [3.8, 4) is 23.3 Å². The van der Waals surface area contributed by atoms with Gasteiger partial charge in [0.2, 0.25) is 15.4 Å². The van der Waals surface area contributed by atoms with E-state index < -0.39 is 30.0 Å². The molecule has 0 saturated heterocycles. The number of phenolic OH excluding ortho intramolecular Hbond substituents is 1. The summed E-state index contributed by atoms with van der Waals surface area (Å²) in [4.78, 5) is 45.4. The smallest absolute Gasteiger partial charge is 0.255 e. The summed E-state index contributed by atoms with van der Waals surface area (Å²) >= 11 is 0. The third kappa shape index (κ3) is 11.2. The molecule has 2 heterocycles. The highest BCUT2D eigenvalue weighted by molar-refractivity contribution is 7.91. The number of ether oxygens (including phenoxy) is 1. The number of H-pyrrole nitrogens is 1. The van der Waals surface area contributed by atoms with Gasteiger partial charge in [-0.3, -0.25) is 19.4 Å². The van der Waals surface area contributed by atoms with E-state index in [0.717, 1.165) is 28.5 Å². The number of methoxy groups -OCH3 is 1. The third-order valence-corrected chi connectivity index (χ3v) is 18.9. The summed E-state index contributed by atoms with van der Waals surface area (Å²) in [5.41, 5.74) is 10.9. The van der Waals surface area contributed by atoms with E-state index in [1.807, 2.05) is 25.1 Å². The Morgan fingerprint density at radius 1 is 0.914 bits per heavy atom. The Morgan fingerprint density at radius 3 is 2.41 bits per heavy atom. The lowest BCUT2D eigenvalue weighted by Gasteiger charge is -2.39. The monoisotopic (exact) mass is 978 g/mol. The number of unbranched alkanes of at least 4 members (excludes halogenated alkanes) is 1. The van der Waals surface area contributed by atoms with Crippen LogP contribution in [0.3, 0.4) is 0 Å². The molecule has 70 heavy (non-hydrogen) atoms. The van der Waals surface area contributed by atoms with Gasteiger partial charge in [-0.15, -0.1) is 0 Å². The largest absolute Gasteiger partial charge is 0.506 e. The first-order valence-electron chi connectivity index (χ1n) is 22.8. The summed E-state index contributed by atoms with van der Waals surface area (Å²) < 4.78 is 40.8. The van der Waals surface area contributed by atoms with Gasteiger partial charge >= 0.3 is 0 Å². The van der Waals surface area contributed by atoms with Crippen LogP contribution in [0, 0.1) is 25.7 Å². The summed E-state index contributed by atoms with van der Waals surface area (Å²) in [6.45, 7) is 15.8. The molecule has 7 N–H and O–H groups in total. The maximum Gasteiger partial charge on any atom is 0.255 e. The van der Waals surface area contributed by atoms with Crippen LogP contribution in [0.25, 0.3) is 21.8 Å². The van der Waals surface area contributed by atoms with Crippen LogP contribution >= 0.6 is 0 Å². The van der Waals surface area contributed by atoms with E-state index >= 15 is 0 Å². The van der Waals surface area contributed by atoms with Gasteiger partial charge in [0.25, 0.3) is 11.8 Å². The lowest BCUT2D eigenvalue weighted by Crippen LogP contribution is -2.43. The number of carbonyl (C=O) groups excluding carboxylic acids is 2. The van der Waals surface area contributed by atoms with Gasteiger partial charge in [0, 0.05) is 64.6 Å². The van der Waals surface area contributed by atoms with Crippen LogP contribution in [-0.2, 0) is 14.3 Å². The number of nitrogens with zero attached hydrogens (tertiary/aromatic N) is 1. The number of sulfone groups is 1. The van der Waals surface area contributed by atoms with E-state index in [1.54, 1.807) is 55.5 Å². The van der Waals surface area contributed by atoms with Crippen LogP contribution in [0.5, 0.6) is 11.5 Å². The zero-order valence-electron chi connectivity index (χ0n) is 40.5. The zero-order valence-corrected chi connectivity index (χ0v) is 42.4. The number of aromatic nitrogens is 2. The maximum atomic E-state index is 14.3. The molecule has 0 spiro atoms. The molecule has 362 valence electrons. The number of benzene rings is 5. The number of aromatic amines is 1. The number of primary amides is 1. The molecule has 7 aromatic rings. The zero-order chi connectivity index (χ0) is 50.5. The molecular formula is C54H58N6O8SSi. The first-order chi connectivity index (χ1) is 33.2. The number of phenols is 1. The maximum absolute atomic E-state index is 14.3. The van der Waals surface area contributed by atoms with Crippen molar-refractivity contribution in [2.75, 3.05) is 30.8 Å². The predicted molar refractivity (Wildman–Crippen MR) is 279 cm³/mol. The number of nitrogens with two attached hydrogens (primary N) is 1. The van der Waals surface area contributed by atoms with Crippen LogP contribution in [0.4, 0.5) is 17.1 Å². The SMILES string of the molecule is COc1cccc(Nc2c(C(N)=O)cnc3c(C)cc(S(=O)(=O)c4cccc(C(=O)Nc5ccc(C#CCCCNCC(O[Si](C)(C)C(C)(C)C)c6ccc(O)c7[nH]c(=O)ccc67)cc5C)c4)cc23)c1. The molecule has 2 amide bonds.